The van der Waals surface area contributed by atoms with Crippen molar-refractivity contribution in [3.63, 3.8) is 0 Å². The summed E-state index contributed by atoms with van der Waals surface area (Å²) in [5, 5.41) is 13.7. The molecule has 0 spiro atoms. The van der Waals surface area contributed by atoms with Gasteiger partial charge < -0.3 is 15.4 Å². The second-order valence-corrected chi connectivity index (χ2v) is 8.94. The molecule has 0 fully saturated rings. The lowest BCUT2D eigenvalue weighted by Gasteiger charge is -2.13. The first-order valence-corrected chi connectivity index (χ1v) is 12.3. The Morgan fingerprint density at radius 2 is 1.87 bits per heavy atom. The van der Waals surface area contributed by atoms with Gasteiger partial charge in [0.1, 0.15) is 17.4 Å². The summed E-state index contributed by atoms with van der Waals surface area (Å²) in [7, 11) is 0. The van der Waals surface area contributed by atoms with Gasteiger partial charge in [0.2, 0.25) is 0 Å². The number of carbonyl (C=O) groups excluding carboxylic acids is 1. The Kier molecular flexibility index (Phi) is 7.26. The van der Waals surface area contributed by atoms with Crippen LogP contribution in [0.25, 0.3) is 33.4 Å². The van der Waals surface area contributed by atoms with E-state index < -0.39 is 0 Å². The number of nitrogens with one attached hydrogen (secondary N) is 3. The van der Waals surface area contributed by atoms with E-state index in [0.717, 1.165) is 23.2 Å². The van der Waals surface area contributed by atoms with E-state index in [9.17, 15) is 9.18 Å². The third kappa shape index (κ3) is 5.78. The van der Waals surface area contributed by atoms with E-state index in [-0.39, 0.29) is 24.4 Å². The van der Waals surface area contributed by atoms with Crippen LogP contribution in [0.2, 0.25) is 0 Å². The minimum absolute atomic E-state index is 0.0802. The fourth-order valence-electron chi connectivity index (χ4n) is 3.91. The van der Waals surface area contributed by atoms with Gasteiger partial charge in [-0.2, -0.15) is 5.10 Å². The second-order valence-electron chi connectivity index (χ2n) is 8.94. The van der Waals surface area contributed by atoms with Crippen molar-refractivity contribution in [3.05, 3.63) is 84.9 Å². The number of rotatable bonds is 9. The molecule has 192 valence electrons. The van der Waals surface area contributed by atoms with Crippen molar-refractivity contribution in [1.29, 1.82) is 0 Å². The highest BCUT2D eigenvalue weighted by atomic mass is 19.1. The SMILES string of the molecule is CC[C@H](C)NC(=O)COc1cccc(-c2nc(Nc3ccc(-c4cn[nH]c4)cc3)c3ccc(F)cc3n2)c1. The largest absolute Gasteiger partial charge is 0.484 e. The van der Waals surface area contributed by atoms with Crippen LogP contribution >= 0.6 is 0 Å². The van der Waals surface area contributed by atoms with E-state index in [1.165, 1.54) is 12.1 Å². The average molecular weight is 511 g/mol. The zero-order chi connectivity index (χ0) is 26.5. The quantitative estimate of drug-likeness (QED) is 0.229. The van der Waals surface area contributed by atoms with Crippen LogP contribution in [0.1, 0.15) is 20.3 Å². The number of hydrogen-bond acceptors (Lipinski definition) is 6. The molecule has 1 atom stereocenters. The highest BCUT2D eigenvalue weighted by molar-refractivity contribution is 5.92. The third-order valence-corrected chi connectivity index (χ3v) is 6.12. The maximum absolute atomic E-state index is 14.1. The van der Waals surface area contributed by atoms with Crippen LogP contribution in [0.4, 0.5) is 15.9 Å². The second kappa shape index (κ2) is 11.1. The van der Waals surface area contributed by atoms with Gasteiger partial charge in [-0.25, -0.2) is 14.4 Å². The summed E-state index contributed by atoms with van der Waals surface area (Å²) in [6, 6.07) is 19.5. The van der Waals surface area contributed by atoms with E-state index in [0.29, 0.717) is 33.9 Å². The molecule has 9 heteroatoms. The molecule has 0 saturated carbocycles. The predicted molar refractivity (Wildman–Crippen MR) is 146 cm³/mol. The van der Waals surface area contributed by atoms with Crippen LogP contribution in [-0.4, -0.2) is 38.7 Å². The Balaban J connectivity index is 1.42. The number of hydrogen-bond donors (Lipinski definition) is 3. The highest BCUT2D eigenvalue weighted by Crippen LogP contribution is 2.30. The molecule has 0 bridgehead atoms. The topological polar surface area (TPSA) is 105 Å². The summed E-state index contributed by atoms with van der Waals surface area (Å²) in [5.74, 6) is 0.874. The predicted octanol–water partition coefficient (Wildman–Crippen LogP) is 5.86. The summed E-state index contributed by atoms with van der Waals surface area (Å²) in [6.45, 7) is 3.85. The number of amides is 1. The summed E-state index contributed by atoms with van der Waals surface area (Å²) < 4.78 is 19.8. The molecule has 0 aliphatic rings. The number of aromatic nitrogens is 4. The molecule has 2 aromatic heterocycles. The molecule has 3 N–H and O–H groups in total. The van der Waals surface area contributed by atoms with Crippen LogP contribution in [0, 0.1) is 5.82 Å². The molecule has 0 radical (unpaired) electrons. The van der Waals surface area contributed by atoms with Crippen molar-refractivity contribution >= 4 is 28.3 Å². The standard InChI is InChI=1S/C29H27FN6O2/c1-3-18(2)33-27(37)17-38-24-6-4-5-20(13-24)28-35-26-14-22(30)9-12-25(26)29(36-28)34-23-10-7-19(8-11-23)21-15-31-32-16-21/h4-16,18H,3,17H2,1-2H3,(H,31,32)(H,33,37)(H,34,35,36)/t18-/m0/s1. The lowest BCUT2D eigenvalue weighted by molar-refractivity contribution is -0.123. The monoisotopic (exact) mass is 510 g/mol. The van der Waals surface area contributed by atoms with Gasteiger partial charge in [-0.3, -0.25) is 9.89 Å². The summed E-state index contributed by atoms with van der Waals surface area (Å²) >= 11 is 0. The molecule has 1 amide bonds. The van der Waals surface area contributed by atoms with Crippen LogP contribution < -0.4 is 15.4 Å². The zero-order valence-electron chi connectivity index (χ0n) is 21.0. The minimum atomic E-state index is -0.387. The fraction of sp³-hybridized carbons (Fsp3) is 0.172. The number of halogens is 1. The van der Waals surface area contributed by atoms with Gasteiger partial charge in [0.05, 0.1) is 11.7 Å². The number of benzene rings is 3. The Morgan fingerprint density at radius 3 is 2.63 bits per heavy atom. The minimum Gasteiger partial charge on any atom is -0.484 e. The molecule has 3 aromatic carbocycles. The number of ether oxygens (including phenoxy) is 1. The number of aromatic amines is 1. The van der Waals surface area contributed by atoms with Crippen molar-refractivity contribution in [2.75, 3.05) is 11.9 Å². The molecule has 0 saturated heterocycles. The average Bonchev–Trinajstić information content (AvgIpc) is 3.47. The summed E-state index contributed by atoms with van der Waals surface area (Å²) in [4.78, 5) is 21.5. The Morgan fingerprint density at radius 1 is 1.03 bits per heavy atom. The molecule has 0 unspecified atom stereocenters. The zero-order valence-corrected chi connectivity index (χ0v) is 21.0. The van der Waals surface area contributed by atoms with Crippen molar-refractivity contribution in [2.24, 2.45) is 0 Å². The lowest BCUT2D eigenvalue weighted by atomic mass is 10.1. The number of nitrogens with zero attached hydrogens (tertiary/aromatic N) is 3. The van der Waals surface area contributed by atoms with Gasteiger partial charge in [0.15, 0.2) is 12.4 Å². The first-order chi connectivity index (χ1) is 18.5. The van der Waals surface area contributed by atoms with Gasteiger partial charge in [-0.15, -0.1) is 0 Å². The Hall–Kier alpha value is -4.79. The van der Waals surface area contributed by atoms with E-state index in [2.05, 4.69) is 25.8 Å². The third-order valence-electron chi connectivity index (χ3n) is 6.12. The maximum Gasteiger partial charge on any atom is 0.258 e. The van der Waals surface area contributed by atoms with Gasteiger partial charge >= 0.3 is 0 Å². The normalized spacial score (nSPS) is 11.8. The van der Waals surface area contributed by atoms with Crippen molar-refractivity contribution in [1.82, 2.24) is 25.5 Å². The molecule has 5 rings (SSSR count). The lowest BCUT2D eigenvalue weighted by Crippen LogP contribution is -2.35. The Labute approximate surface area is 219 Å². The molecule has 8 nitrogen and oxygen atoms in total. The van der Waals surface area contributed by atoms with E-state index in [4.69, 9.17) is 9.72 Å². The summed E-state index contributed by atoms with van der Waals surface area (Å²) in [6.07, 6.45) is 4.43. The van der Waals surface area contributed by atoms with Crippen molar-refractivity contribution < 1.29 is 13.9 Å². The Bertz CT molecular complexity index is 1550. The van der Waals surface area contributed by atoms with Gasteiger partial charge in [-0.05, 0) is 55.3 Å². The van der Waals surface area contributed by atoms with E-state index in [1.807, 2.05) is 50.4 Å². The fourth-order valence-corrected chi connectivity index (χ4v) is 3.91. The van der Waals surface area contributed by atoms with Crippen molar-refractivity contribution in [3.8, 4) is 28.3 Å². The first-order valence-electron chi connectivity index (χ1n) is 12.3. The smallest absolute Gasteiger partial charge is 0.258 e. The number of H-pyrrole nitrogens is 1. The number of carbonyl (C=O) groups is 1. The van der Waals surface area contributed by atoms with Gasteiger partial charge in [0, 0.05) is 40.5 Å². The molecular weight excluding hydrogens is 483 g/mol. The number of fused-ring (bicyclic) bond motifs is 1. The first kappa shape index (κ1) is 24.9. The summed E-state index contributed by atoms with van der Waals surface area (Å²) in [5.41, 5.74) is 3.97. The van der Waals surface area contributed by atoms with Gasteiger partial charge in [0.25, 0.3) is 5.91 Å². The molecule has 2 heterocycles. The van der Waals surface area contributed by atoms with Crippen LogP contribution in [0.15, 0.2) is 79.1 Å². The molecule has 0 aliphatic carbocycles. The highest BCUT2D eigenvalue weighted by Gasteiger charge is 2.13. The van der Waals surface area contributed by atoms with Crippen LogP contribution in [0.3, 0.4) is 0 Å². The van der Waals surface area contributed by atoms with E-state index in [1.54, 1.807) is 30.5 Å². The van der Waals surface area contributed by atoms with E-state index >= 15 is 0 Å². The van der Waals surface area contributed by atoms with Crippen LogP contribution in [0.5, 0.6) is 5.75 Å². The molecule has 5 aromatic rings. The maximum atomic E-state index is 14.1. The molecule has 38 heavy (non-hydrogen) atoms. The van der Waals surface area contributed by atoms with Crippen molar-refractivity contribution in [2.45, 2.75) is 26.3 Å². The molecular formula is C29H27FN6O2. The van der Waals surface area contributed by atoms with Crippen LogP contribution in [-0.2, 0) is 4.79 Å². The number of anilines is 2. The van der Waals surface area contributed by atoms with Gasteiger partial charge in [-0.1, -0.05) is 31.2 Å². The molecule has 0 aliphatic heterocycles.